The number of carbonyl (C=O) groups excluding carboxylic acids is 1. The van der Waals surface area contributed by atoms with Crippen LogP contribution in [0.3, 0.4) is 0 Å². The fraction of sp³-hybridized carbons (Fsp3) is 0.438. The molecule has 0 fully saturated rings. The van der Waals surface area contributed by atoms with Crippen molar-refractivity contribution in [2.24, 2.45) is 0 Å². The van der Waals surface area contributed by atoms with Crippen molar-refractivity contribution in [3.05, 3.63) is 33.8 Å². The molecule has 0 saturated carbocycles. The fourth-order valence-electron chi connectivity index (χ4n) is 1.53. The molecule has 23 heavy (non-hydrogen) atoms. The van der Waals surface area contributed by atoms with Crippen molar-refractivity contribution in [1.29, 1.82) is 0 Å². The van der Waals surface area contributed by atoms with Crippen molar-refractivity contribution in [3.8, 4) is 11.8 Å². The summed E-state index contributed by atoms with van der Waals surface area (Å²) in [5.41, 5.74) is -1.09. The summed E-state index contributed by atoms with van der Waals surface area (Å²) in [4.78, 5) is 11.4. The molecular formula is C16H17BrF3NO2. The predicted octanol–water partition coefficient (Wildman–Crippen LogP) is 4.73. The molecule has 0 aliphatic heterocycles. The fourth-order valence-corrected chi connectivity index (χ4v) is 2.00. The summed E-state index contributed by atoms with van der Waals surface area (Å²) < 4.78 is 43.3. The topological polar surface area (TPSA) is 38.3 Å². The highest BCUT2D eigenvalue weighted by Crippen LogP contribution is 2.35. The summed E-state index contributed by atoms with van der Waals surface area (Å²) in [6.07, 6.45) is -4.69. The second-order valence-corrected chi connectivity index (χ2v) is 6.53. The minimum atomic E-state index is -4.44. The van der Waals surface area contributed by atoms with Gasteiger partial charge in [-0.25, -0.2) is 4.79 Å². The highest BCUT2D eigenvalue weighted by atomic mass is 79.9. The lowest BCUT2D eigenvalue weighted by Crippen LogP contribution is -2.32. The van der Waals surface area contributed by atoms with E-state index in [1.807, 2.05) is 0 Å². The molecule has 0 saturated heterocycles. The van der Waals surface area contributed by atoms with Gasteiger partial charge in [-0.05, 0) is 39.0 Å². The first-order chi connectivity index (χ1) is 10.5. The average molecular weight is 392 g/mol. The molecule has 3 nitrogen and oxygen atoms in total. The molecule has 7 heteroatoms. The van der Waals surface area contributed by atoms with Crippen LogP contribution in [-0.4, -0.2) is 18.2 Å². The number of nitrogens with one attached hydrogen (secondary N) is 1. The molecule has 1 aromatic carbocycles. The van der Waals surface area contributed by atoms with Gasteiger partial charge in [0, 0.05) is 23.0 Å². The van der Waals surface area contributed by atoms with Gasteiger partial charge in [-0.3, -0.25) is 0 Å². The smallest absolute Gasteiger partial charge is 0.417 e. The van der Waals surface area contributed by atoms with Crippen molar-refractivity contribution >= 4 is 22.0 Å². The Labute approximate surface area is 141 Å². The van der Waals surface area contributed by atoms with E-state index in [1.54, 1.807) is 20.8 Å². The number of alkyl halides is 3. The predicted molar refractivity (Wildman–Crippen MR) is 84.9 cm³/mol. The summed E-state index contributed by atoms with van der Waals surface area (Å²) in [7, 11) is 0. The van der Waals surface area contributed by atoms with Crippen molar-refractivity contribution in [2.45, 2.75) is 39.0 Å². The van der Waals surface area contributed by atoms with E-state index in [0.29, 0.717) is 6.42 Å². The van der Waals surface area contributed by atoms with Crippen molar-refractivity contribution in [2.75, 3.05) is 6.54 Å². The second kappa shape index (κ2) is 7.73. The number of hydrogen-bond donors (Lipinski definition) is 1. The maximum absolute atomic E-state index is 12.8. The molecule has 1 amide bonds. The van der Waals surface area contributed by atoms with Crippen molar-refractivity contribution in [1.82, 2.24) is 5.32 Å². The third-order valence-electron chi connectivity index (χ3n) is 2.42. The van der Waals surface area contributed by atoms with Gasteiger partial charge in [-0.1, -0.05) is 27.8 Å². The summed E-state index contributed by atoms with van der Waals surface area (Å²) >= 11 is 2.87. The lowest BCUT2D eigenvalue weighted by molar-refractivity contribution is -0.138. The van der Waals surface area contributed by atoms with E-state index < -0.39 is 23.4 Å². The number of carbonyl (C=O) groups is 1. The molecule has 1 rings (SSSR count). The Kier molecular flexibility index (Phi) is 6.51. The largest absolute Gasteiger partial charge is 0.444 e. The normalized spacial score (nSPS) is 11.4. The monoisotopic (exact) mass is 391 g/mol. The van der Waals surface area contributed by atoms with E-state index in [4.69, 9.17) is 4.74 Å². The van der Waals surface area contributed by atoms with Gasteiger partial charge in [0.2, 0.25) is 0 Å². The van der Waals surface area contributed by atoms with Gasteiger partial charge < -0.3 is 10.1 Å². The maximum atomic E-state index is 12.8. The summed E-state index contributed by atoms with van der Waals surface area (Å²) in [6.45, 7) is 5.50. The van der Waals surface area contributed by atoms with Crippen LogP contribution in [0.1, 0.15) is 38.3 Å². The van der Waals surface area contributed by atoms with E-state index >= 15 is 0 Å². The van der Waals surface area contributed by atoms with Crippen molar-refractivity contribution in [3.63, 3.8) is 0 Å². The number of rotatable bonds is 2. The van der Waals surface area contributed by atoms with E-state index in [1.165, 1.54) is 12.1 Å². The second-order valence-electron chi connectivity index (χ2n) is 5.67. The van der Waals surface area contributed by atoms with Crippen LogP contribution in [-0.2, 0) is 10.9 Å². The van der Waals surface area contributed by atoms with Gasteiger partial charge in [-0.15, -0.1) is 0 Å². The molecule has 126 valence electrons. The highest BCUT2D eigenvalue weighted by molar-refractivity contribution is 9.10. The Morgan fingerprint density at radius 3 is 2.52 bits per heavy atom. The van der Waals surface area contributed by atoms with Gasteiger partial charge >= 0.3 is 12.3 Å². The van der Waals surface area contributed by atoms with Gasteiger partial charge in [0.1, 0.15) is 5.60 Å². The maximum Gasteiger partial charge on any atom is 0.417 e. The zero-order valence-electron chi connectivity index (χ0n) is 13.0. The van der Waals surface area contributed by atoms with Gasteiger partial charge in [-0.2, -0.15) is 13.2 Å². The van der Waals surface area contributed by atoms with E-state index in [2.05, 4.69) is 33.1 Å². The van der Waals surface area contributed by atoms with E-state index in [9.17, 15) is 18.0 Å². The minimum Gasteiger partial charge on any atom is -0.444 e. The van der Waals surface area contributed by atoms with Crippen LogP contribution in [0.5, 0.6) is 0 Å². The molecule has 0 bridgehead atoms. The molecule has 0 aliphatic rings. The molecule has 0 atom stereocenters. The summed E-state index contributed by atoms with van der Waals surface area (Å²) in [5.74, 6) is 5.36. The van der Waals surface area contributed by atoms with Crippen LogP contribution in [0.25, 0.3) is 0 Å². The standard InChI is InChI=1S/C16H17BrF3NO2/c1-15(2,3)23-14(22)21-9-5-4-6-11-7-8-13(17)12(10-11)16(18,19)20/h7-8,10H,5,9H2,1-3H3,(H,21,22). The first-order valence-electron chi connectivity index (χ1n) is 6.81. The number of halogens is 4. The van der Waals surface area contributed by atoms with Crippen LogP contribution in [0.2, 0.25) is 0 Å². The van der Waals surface area contributed by atoms with Crippen LogP contribution in [0.4, 0.5) is 18.0 Å². The molecular weight excluding hydrogens is 375 g/mol. The van der Waals surface area contributed by atoms with Crippen LogP contribution < -0.4 is 5.32 Å². The molecule has 1 N–H and O–H groups in total. The molecule has 0 radical (unpaired) electrons. The Bertz CT molecular complexity index is 625. The number of hydrogen-bond acceptors (Lipinski definition) is 2. The van der Waals surface area contributed by atoms with E-state index in [0.717, 1.165) is 6.07 Å². The van der Waals surface area contributed by atoms with Gasteiger partial charge in [0.15, 0.2) is 0 Å². The Morgan fingerprint density at radius 1 is 1.30 bits per heavy atom. The molecule has 0 heterocycles. The van der Waals surface area contributed by atoms with Crippen LogP contribution in [0.15, 0.2) is 22.7 Å². The quantitative estimate of drug-likeness (QED) is 0.584. The SMILES string of the molecule is CC(C)(C)OC(=O)NCCC#Cc1ccc(Br)c(C(F)(F)F)c1. The number of ether oxygens (including phenoxy) is 1. The lowest BCUT2D eigenvalue weighted by Gasteiger charge is -2.19. The third kappa shape index (κ3) is 7.42. The molecule has 0 unspecified atom stereocenters. The third-order valence-corrected chi connectivity index (χ3v) is 3.11. The Morgan fingerprint density at radius 2 is 1.96 bits per heavy atom. The first kappa shape index (κ1) is 19.4. The van der Waals surface area contributed by atoms with E-state index in [-0.39, 0.29) is 16.6 Å². The zero-order chi connectivity index (χ0) is 17.7. The van der Waals surface area contributed by atoms with Gasteiger partial charge in [0.05, 0.1) is 5.56 Å². The first-order valence-corrected chi connectivity index (χ1v) is 7.61. The molecule has 0 spiro atoms. The summed E-state index contributed by atoms with van der Waals surface area (Å²) in [6, 6.07) is 3.79. The minimum absolute atomic E-state index is 0.0258. The molecule has 0 aromatic heterocycles. The lowest BCUT2D eigenvalue weighted by atomic mass is 10.1. The van der Waals surface area contributed by atoms with Crippen LogP contribution >= 0.6 is 15.9 Å². The number of alkyl carbamates (subject to hydrolysis) is 1. The van der Waals surface area contributed by atoms with Crippen LogP contribution in [0, 0.1) is 11.8 Å². The highest BCUT2D eigenvalue weighted by Gasteiger charge is 2.32. The number of amides is 1. The Balaban J connectivity index is 2.56. The molecule has 1 aromatic rings. The zero-order valence-corrected chi connectivity index (χ0v) is 14.6. The summed E-state index contributed by atoms with van der Waals surface area (Å²) in [5, 5.41) is 2.52. The van der Waals surface area contributed by atoms with Crippen molar-refractivity contribution < 1.29 is 22.7 Å². The average Bonchev–Trinajstić information content (AvgIpc) is 2.36. The number of benzene rings is 1. The van der Waals surface area contributed by atoms with Gasteiger partial charge in [0.25, 0.3) is 0 Å². The molecule has 0 aliphatic carbocycles. The Hall–Kier alpha value is -1.68.